The lowest BCUT2D eigenvalue weighted by Crippen LogP contribution is -2.42. The van der Waals surface area contributed by atoms with Crippen molar-refractivity contribution in [1.29, 1.82) is 0 Å². The van der Waals surface area contributed by atoms with Crippen molar-refractivity contribution in [2.24, 2.45) is 0 Å². The van der Waals surface area contributed by atoms with E-state index < -0.39 is 0 Å². The Morgan fingerprint density at radius 2 is 2.04 bits per heavy atom. The Kier molecular flexibility index (Phi) is 6.00. The number of nitrogens with one attached hydrogen (secondary N) is 2. The molecule has 7 heteroatoms. The maximum atomic E-state index is 12.5. The highest BCUT2D eigenvalue weighted by Gasteiger charge is 2.37. The summed E-state index contributed by atoms with van der Waals surface area (Å²) in [5.41, 5.74) is 0.585. The van der Waals surface area contributed by atoms with E-state index in [2.05, 4.69) is 39.6 Å². The second-order valence-electron chi connectivity index (χ2n) is 6.49. The summed E-state index contributed by atoms with van der Waals surface area (Å²) in [7, 11) is 0. The van der Waals surface area contributed by atoms with Gasteiger partial charge in [-0.05, 0) is 44.5 Å². The van der Waals surface area contributed by atoms with Crippen LogP contribution in [0.4, 0.5) is 0 Å². The second-order valence-corrected chi connectivity index (χ2v) is 7.87. The summed E-state index contributed by atoms with van der Waals surface area (Å²) in [4.78, 5) is 33.5. The van der Waals surface area contributed by atoms with Crippen LogP contribution < -0.4 is 10.6 Å². The molecule has 0 aliphatic carbocycles. The van der Waals surface area contributed by atoms with E-state index in [9.17, 15) is 9.59 Å². The summed E-state index contributed by atoms with van der Waals surface area (Å²) in [6.07, 6.45) is 3.83. The number of rotatable bonds is 6. The predicted octanol–water partition coefficient (Wildman–Crippen LogP) is 1.96. The third kappa shape index (κ3) is 4.47. The number of hydrogen-bond donors (Lipinski definition) is 2. The number of thiophene rings is 1. The number of aryl methyl sites for hydroxylation is 1. The molecule has 0 saturated carbocycles. The fourth-order valence-corrected chi connectivity index (χ4v) is 4.21. The highest BCUT2D eigenvalue weighted by molar-refractivity contribution is 7.11. The van der Waals surface area contributed by atoms with Crippen molar-refractivity contribution in [3.8, 4) is 0 Å². The summed E-state index contributed by atoms with van der Waals surface area (Å²) in [5.74, 6) is -0.0951. The molecule has 2 atom stereocenters. The van der Waals surface area contributed by atoms with Crippen LogP contribution in [0.5, 0.6) is 0 Å². The molecule has 0 bridgehead atoms. The number of nitrogens with zero attached hydrogens (tertiary/aromatic N) is 2. The molecule has 138 valence electrons. The minimum Gasteiger partial charge on any atom is -0.355 e. The predicted molar refractivity (Wildman–Crippen MR) is 102 cm³/mol. The van der Waals surface area contributed by atoms with Gasteiger partial charge in [0.2, 0.25) is 5.91 Å². The van der Waals surface area contributed by atoms with Gasteiger partial charge in [0.15, 0.2) is 0 Å². The van der Waals surface area contributed by atoms with Crippen LogP contribution in [0.25, 0.3) is 0 Å². The fourth-order valence-electron chi connectivity index (χ4n) is 3.29. The van der Waals surface area contributed by atoms with Crippen LogP contribution in [-0.4, -0.2) is 46.9 Å². The van der Waals surface area contributed by atoms with Gasteiger partial charge in [-0.3, -0.25) is 19.5 Å². The molecule has 2 aromatic heterocycles. The first kappa shape index (κ1) is 18.5. The molecule has 6 nitrogen and oxygen atoms in total. The Hall–Kier alpha value is -2.25. The Balaban J connectivity index is 1.68. The molecule has 2 aromatic rings. The van der Waals surface area contributed by atoms with E-state index in [0.717, 1.165) is 6.54 Å². The standard InChI is InChI=1S/C19H24N4O2S/c1-3-21-19(25)17-10-15(22-18(24)14-6-8-20-9-7-14)11-23(17)12-16-5-4-13(2)26-16/h4-9,15,17H,3,10-12H2,1-2H3,(H,21,25)(H,22,24). The summed E-state index contributed by atoms with van der Waals surface area (Å²) >= 11 is 1.75. The minimum atomic E-state index is -0.222. The number of likely N-dealkylation sites (N-methyl/N-ethyl adjacent to an activating group) is 1. The SMILES string of the molecule is CCNC(=O)C1CC(NC(=O)c2ccncc2)CN1Cc1ccc(C)s1. The van der Waals surface area contributed by atoms with Gasteiger partial charge in [0, 0.05) is 53.4 Å². The lowest BCUT2D eigenvalue weighted by molar-refractivity contribution is -0.125. The van der Waals surface area contributed by atoms with Gasteiger partial charge in [0.25, 0.3) is 5.91 Å². The van der Waals surface area contributed by atoms with Crippen molar-refractivity contribution in [2.45, 2.75) is 38.9 Å². The van der Waals surface area contributed by atoms with Crippen molar-refractivity contribution in [2.75, 3.05) is 13.1 Å². The maximum Gasteiger partial charge on any atom is 0.251 e. The van der Waals surface area contributed by atoms with E-state index >= 15 is 0 Å². The van der Waals surface area contributed by atoms with Gasteiger partial charge in [-0.15, -0.1) is 11.3 Å². The molecule has 2 amide bonds. The Bertz CT molecular complexity index is 762. The molecule has 2 N–H and O–H groups in total. The summed E-state index contributed by atoms with van der Waals surface area (Å²) in [5, 5.41) is 5.97. The van der Waals surface area contributed by atoms with E-state index in [1.807, 2.05) is 6.92 Å². The molecule has 0 aromatic carbocycles. The van der Waals surface area contributed by atoms with Crippen LogP contribution in [0.3, 0.4) is 0 Å². The quantitative estimate of drug-likeness (QED) is 0.813. The Morgan fingerprint density at radius 1 is 1.27 bits per heavy atom. The second kappa shape index (κ2) is 8.42. The summed E-state index contributed by atoms with van der Waals surface area (Å²) in [6, 6.07) is 7.32. The highest BCUT2D eigenvalue weighted by Crippen LogP contribution is 2.24. The largest absolute Gasteiger partial charge is 0.355 e. The zero-order valence-corrected chi connectivity index (χ0v) is 15.9. The zero-order chi connectivity index (χ0) is 18.5. The van der Waals surface area contributed by atoms with Crippen molar-refractivity contribution >= 4 is 23.2 Å². The third-order valence-corrected chi connectivity index (χ3v) is 5.48. The number of hydrogen-bond acceptors (Lipinski definition) is 5. The van der Waals surface area contributed by atoms with Gasteiger partial charge >= 0.3 is 0 Å². The number of amides is 2. The molecule has 3 heterocycles. The van der Waals surface area contributed by atoms with Gasteiger partial charge in [-0.25, -0.2) is 0 Å². The monoisotopic (exact) mass is 372 g/mol. The molecule has 0 radical (unpaired) electrons. The van der Waals surface area contributed by atoms with Crippen LogP contribution in [0, 0.1) is 6.92 Å². The van der Waals surface area contributed by atoms with Crippen molar-refractivity contribution in [1.82, 2.24) is 20.5 Å². The molecule has 0 spiro atoms. The maximum absolute atomic E-state index is 12.5. The molecule has 1 saturated heterocycles. The fraction of sp³-hybridized carbons (Fsp3) is 0.421. The van der Waals surface area contributed by atoms with Crippen molar-refractivity contribution in [3.05, 3.63) is 52.0 Å². The van der Waals surface area contributed by atoms with Crippen molar-refractivity contribution < 1.29 is 9.59 Å². The van der Waals surface area contributed by atoms with E-state index in [1.165, 1.54) is 9.75 Å². The van der Waals surface area contributed by atoms with Crippen LogP contribution in [0.2, 0.25) is 0 Å². The Labute approximate surface area is 157 Å². The smallest absolute Gasteiger partial charge is 0.251 e. The highest BCUT2D eigenvalue weighted by atomic mass is 32.1. The van der Waals surface area contributed by atoms with Crippen LogP contribution >= 0.6 is 11.3 Å². The first-order valence-corrected chi connectivity index (χ1v) is 9.66. The van der Waals surface area contributed by atoms with E-state index in [1.54, 1.807) is 35.9 Å². The topological polar surface area (TPSA) is 74.3 Å². The number of pyridine rings is 1. The number of aromatic nitrogens is 1. The van der Waals surface area contributed by atoms with E-state index in [0.29, 0.717) is 25.1 Å². The number of likely N-dealkylation sites (tertiary alicyclic amines) is 1. The average molecular weight is 372 g/mol. The minimum absolute atomic E-state index is 0.0291. The van der Waals surface area contributed by atoms with Gasteiger partial charge in [-0.1, -0.05) is 0 Å². The lowest BCUT2D eigenvalue weighted by Gasteiger charge is -2.22. The van der Waals surface area contributed by atoms with Gasteiger partial charge in [-0.2, -0.15) is 0 Å². The van der Waals surface area contributed by atoms with Crippen LogP contribution in [0.15, 0.2) is 36.7 Å². The third-order valence-electron chi connectivity index (χ3n) is 4.49. The molecule has 1 aliphatic heterocycles. The molecular weight excluding hydrogens is 348 g/mol. The first-order chi connectivity index (χ1) is 12.6. The van der Waals surface area contributed by atoms with Crippen molar-refractivity contribution in [3.63, 3.8) is 0 Å². The van der Waals surface area contributed by atoms with E-state index in [-0.39, 0.29) is 23.9 Å². The normalized spacial score (nSPS) is 20.1. The van der Waals surface area contributed by atoms with Gasteiger partial charge in [0.05, 0.1) is 6.04 Å². The summed E-state index contributed by atoms with van der Waals surface area (Å²) in [6.45, 7) is 5.99. The molecular formula is C19H24N4O2S. The molecule has 1 aliphatic rings. The molecule has 2 unspecified atom stereocenters. The molecule has 3 rings (SSSR count). The molecule has 26 heavy (non-hydrogen) atoms. The van der Waals surface area contributed by atoms with Crippen LogP contribution in [0.1, 0.15) is 33.5 Å². The summed E-state index contributed by atoms with van der Waals surface area (Å²) < 4.78 is 0. The lowest BCUT2D eigenvalue weighted by atomic mass is 10.1. The number of carbonyl (C=O) groups excluding carboxylic acids is 2. The number of carbonyl (C=O) groups is 2. The first-order valence-electron chi connectivity index (χ1n) is 8.84. The van der Waals surface area contributed by atoms with Crippen LogP contribution in [-0.2, 0) is 11.3 Å². The van der Waals surface area contributed by atoms with Gasteiger partial charge < -0.3 is 10.6 Å². The zero-order valence-electron chi connectivity index (χ0n) is 15.1. The molecule has 1 fully saturated rings. The van der Waals surface area contributed by atoms with Gasteiger partial charge in [0.1, 0.15) is 0 Å². The average Bonchev–Trinajstić information content (AvgIpc) is 3.22. The Morgan fingerprint density at radius 3 is 2.69 bits per heavy atom. The van der Waals surface area contributed by atoms with E-state index in [4.69, 9.17) is 0 Å².